The molecule has 0 bridgehead atoms. The molecule has 1 aliphatic carbocycles. The van der Waals surface area contributed by atoms with E-state index in [2.05, 4.69) is 5.32 Å². The number of aliphatic hydroxyl groups excluding tert-OH is 2. The van der Waals surface area contributed by atoms with E-state index in [4.69, 9.17) is 5.11 Å². The first-order chi connectivity index (χ1) is 6.70. The highest BCUT2D eigenvalue weighted by Crippen LogP contribution is 2.18. The molecule has 1 saturated carbocycles. The zero-order chi connectivity index (χ0) is 10.4. The third kappa shape index (κ3) is 4.40. The molecule has 0 spiro atoms. The number of hydrogen-bond donors (Lipinski definition) is 3. The second kappa shape index (κ2) is 6.38. The summed E-state index contributed by atoms with van der Waals surface area (Å²) in [6, 6.07) is 0.290. The van der Waals surface area contributed by atoms with Crippen LogP contribution in [0.3, 0.4) is 0 Å². The van der Waals surface area contributed by atoms with Crippen LogP contribution >= 0.6 is 0 Å². The van der Waals surface area contributed by atoms with Gasteiger partial charge in [0.2, 0.25) is 0 Å². The summed E-state index contributed by atoms with van der Waals surface area (Å²) in [4.78, 5) is 0. The van der Waals surface area contributed by atoms with Crippen LogP contribution in [0.4, 0.5) is 0 Å². The number of nitrogens with one attached hydrogen (secondary N) is 1. The summed E-state index contributed by atoms with van der Waals surface area (Å²) in [5.74, 6) is 0. The van der Waals surface area contributed by atoms with Gasteiger partial charge in [0.05, 0.1) is 12.2 Å². The Morgan fingerprint density at radius 1 is 1.36 bits per heavy atom. The van der Waals surface area contributed by atoms with E-state index in [0.29, 0.717) is 0 Å². The molecule has 3 atom stereocenters. The topological polar surface area (TPSA) is 52.5 Å². The van der Waals surface area contributed by atoms with Gasteiger partial charge in [0.15, 0.2) is 0 Å². The van der Waals surface area contributed by atoms with Crippen LogP contribution in [0, 0.1) is 0 Å². The first-order valence-corrected chi connectivity index (χ1v) is 5.79. The van der Waals surface area contributed by atoms with Crippen LogP contribution in [0.15, 0.2) is 0 Å². The summed E-state index contributed by atoms with van der Waals surface area (Å²) in [6.07, 6.45) is 5.89. The fourth-order valence-electron chi connectivity index (χ4n) is 2.03. The molecule has 3 heteroatoms. The SMILES string of the molecule is CC(O)CCCNC1CCCCC1O. The molecule has 0 saturated heterocycles. The first-order valence-electron chi connectivity index (χ1n) is 5.79. The number of rotatable bonds is 5. The predicted molar refractivity (Wildman–Crippen MR) is 57.2 cm³/mol. The highest BCUT2D eigenvalue weighted by molar-refractivity contribution is 4.80. The van der Waals surface area contributed by atoms with Crippen molar-refractivity contribution in [2.45, 2.75) is 63.7 Å². The van der Waals surface area contributed by atoms with Gasteiger partial charge in [0.1, 0.15) is 0 Å². The van der Waals surface area contributed by atoms with E-state index in [1.54, 1.807) is 0 Å². The van der Waals surface area contributed by atoms with Gasteiger partial charge >= 0.3 is 0 Å². The van der Waals surface area contributed by atoms with Crippen LogP contribution in [-0.2, 0) is 0 Å². The van der Waals surface area contributed by atoms with Crippen molar-refractivity contribution in [2.24, 2.45) is 0 Å². The monoisotopic (exact) mass is 201 g/mol. The molecule has 1 fully saturated rings. The minimum atomic E-state index is -0.201. The lowest BCUT2D eigenvalue weighted by Gasteiger charge is -2.28. The average molecular weight is 201 g/mol. The van der Waals surface area contributed by atoms with Gasteiger partial charge < -0.3 is 15.5 Å². The summed E-state index contributed by atoms with van der Waals surface area (Å²) in [6.45, 7) is 2.72. The van der Waals surface area contributed by atoms with Crippen LogP contribution in [-0.4, -0.2) is 35.0 Å². The number of aliphatic hydroxyl groups is 2. The Hall–Kier alpha value is -0.120. The van der Waals surface area contributed by atoms with Gasteiger partial charge in [0, 0.05) is 6.04 Å². The molecular formula is C11H23NO2. The van der Waals surface area contributed by atoms with Crippen LogP contribution in [0.25, 0.3) is 0 Å². The molecule has 0 heterocycles. The molecule has 0 aromatic heterocycles. The maximum Gasteiger partial charge on any atom is 0.0693 e. The van der Waals surface area contributed by atoms with Gasteiger partial charge in [0.25, 0.3) is 0 Å². The lowest BCUT2D eigenvalue weighted by Crippen LogP contribution is -2.42. The van der Waals surface area contributed by atoms with Crippen molar-refractivity contribution in [1.29, 1.82) is 0 Å². The molecule has 0 aromatic carbocycles. The van der Waals surface area contributed by atoms with E-state index in [1.165, 1.54) is 6.42 Å². The standard InChI is InChI=1S/C11H23NO2/c1-9(13)5-4-8-12-10-6-2-3-7-11(10)14/h9-14H,2-8H2,1H3. The highest BCUT2D eigenvalue weighted by Gasteiger charge is 2.21. The van der Waals surface area contributed by atoms with Crippen LogP contribution in [0.2, 0.25) is 0 Å². The summed E-state index contributed by atoms with van der Waals surface area (Å²) in [5.41, 5.74) is 0. The van der Waals surface area contributed by atoms with Crippen molar-refractivity contribution in [2.75, 3.05) is 6.54 Å². The number of hydrogen-bond acceptors (Lipinski definition) is 3. The van der Waals surface area contributed by atoms with Crippen molar-refractivity contribution >= 4 is 0 Å². The normalized spacial score (nSPS) is 30.2. The molecule has 1 rings (SSSR count). The second-order valence-corrected chi connectivity index (χ2v) is 4.40. The van der Waals surface area contributed by atoms with Crippen molar-refractivity contribution < 1.29 is 10.2 Å². The zero-order valence-electron chi connectivity index (χ0n) is 9.08. The van der Waals surface area contributed by atoms with E-state index in [0.717, 1.165) is 38.6 Å². The summed E-state index contributed by atoms with van der Waals surface area (Å²) in [7, 11) is 0. The van der Waals surface area contributed by atoms with Crippen molar-refractivity contribution in [1.82, 2.24) is 5.32 Å². The van der Waals surface area contributed by atoms with E-state index in [-0.39, 0.29) is 18.2 Å². The summed E-state index contributed by atoms with van der Waals surface area (Å²) in [5, 5.41) is 22.1. The van der Waals surface area contributed by atoms with E-state index in [9.17, 15) is 5.11 Å². The molecule has 0 aromatic rings. The highest BCUT2D eigenvalue weighted by atomic mass is 16.3. The Morgan fingerprint density at radius 2 is 2.07 bits per heavy atom. The van der Waals surface area contributed by atoms with E-state index in [1.807, 2.05) is 6.92 Å². The van der Waals surface area contributed by atoms with E-state index >= 15 is 0 Å². The molecule has 0 aliphatic heterocycles. The third-order valence-corrected chi connectivity index (χ3v) is 2.93. The predicted octanol–water partition coefficient (Wildman–Crippen LogP) is 1.04. The fraction of sp³-hybridized carbons (Fsp3) is 1.00. The molecule has 3 unspecified atom stereocenters. The molecule has 1 aliphatic rings. The van der Waals surface area contributed by atoms with Crippen LogP contribution in [0.5, 0.6) is 0 Å². The van der Waals surface area contributed by atoms with Crippen LogP contribution < -0.4 is 5.32 Å². The lowest BCUT2D eigenvalue weighted by molar-refractivity contribution is 0.0901. The largest absolute Gasteiger partial charge is 0.393 e. The first kappa shape index (κ1) is 12.0. The quantitative estimate of drug-likeness (QED) is 0.583. The summed E-state index contributed by atoms with van der Waals surface area (Å²) < 4.78 is 0. The van der Waals surface area contributed by atoms with Gasteiger partial charge in [-0.2, -0.15) is 0 Å². The summed E-state index contributed by atoms with van der Waals surface area (Å²) >= 11 is 0. The van der Waals surface area contributed by atoms with Crippen molar-refractivity contribution in [3.05, 3.63) is 0 Å². The minimum absolute atomic E-state index is 0.157. The van der Waals surface area contributed by atoms with Gasteiger partial charge in [-0.25, -0.2) is 0 Å². The molecule has 3 nitrogen and oxygen atoms in total. The van der Waals surface area contributed by atoms with E-state index < -0.39 is 0 Å². The Morgan fingerprint density at radius 3 is 2.71 bits per heavy atom. The maximum absolute atomic E-state index is 9.67. The van der Waals surface area contributed by atoms with Gasteiger partial charge in [-0.3, -0.25) is 0 Å². The van der Waals surface area contributed by atoms with Gasteiger partial charge in [-0.05, 0) is 39.2 Å². The molecule has 0 radical (unpaired) electrons. The smallest absolute Gasteiger partial charge is 0.0693 e. The fourth-order valence-corrected chi connectivity index (χ4v) is 2.03. The second-order valence-electron chi connectivity index (χ2n) is 4.40. The molecule has 0 amide bonds. The van der Waals surface area contributed by atoms with Crippen molar-refractivity contribution in [3.63, 3.8) is 0 Å². The molecule has 3 N–H and O–H groups in total. The Labute approximate surface area is 86.5 Å². The lowest BCUT2D eigenvalue weighted by atomic mass is 9.92. The average Bonchev–Trinajstić information content (AvgIpc) is 2.15. The Kier molecular flexibility index (Phi) is 5.45. The van der Waals surface area contributed by atoms with Crippen LogP contribution in [0.1, 0.15) is 45.4 Å². The van der Waals surface area contributed by atoms with Gasteiger partial charge in [-0.15, -0.1) is 0 Å². The van der Waals surface area contributed by atoms with Gasteiger partial charge in [-0.1, -0.05) is 12.8 Å². The van der Waals surface area contributed by atoms with Crippen molar-refractivity contribution in [3.8, 4) is 0 Å². The Bertz CT molecular complexity index is 150. The molecular weight excluding hydrogens is 178 g/mol. The zero-order valence-corrected chi connectivity index (χ0v) is 9.08. The Balaban J connectivity index is 2.04. The minimum Gasteiger partial charge on any atom is -0.393 e. The third-order valence-electron chi connectivity index (χ3n) is 2.93. The molecule has 84 valence electrons. The maximum atomic E-state index is 9.67. The molecule has 14 heavy (non-hydrogen) atoms.